The summed E-state index contributed by atoms with van der Waals surface area (Å²) in [5.74, 6) is 0.854. The Morgan fingerprint density at radius 2 is 1.89 bits per heavy atom. The van der Waals surface area contributed by atoms with Crippen molar-refractivity contribution in [1.82, 2.24) is 16.2 Å². The van der Waals surface area contributed by atoms with Gasteiger partial charge in [0.1, 0.15) is 5.75 Å². The van der Waals surface area contributed by atoms with Crippen molar-refractivity contribution >= 4 is 5.91 Å². The van der Waals surface area contributed by atoms with Crippen LogP contribution in [-0.4, -0.2) is 25.6 Å². The second-order valence-corrected chi connectivity index (χ2v) is 7.26. The van der Waals surface area contributed by atoms with Gasteiger partial charge in [-0.3, -0.25) is 10.2 Å². The molecule has 1 fully saturated rings. The molecule has 0 spiro atoms. The Morgan fingerprint density at radius 3 is 2.64 bits per heavy atom. The zero-order valence-corrected chi connectivity index (χ0v) is 16.6. The number of ether oxygens (including phenoxy) is 1. The third-order valence-corrected chi connectivity index (χ3v) is 5.11. The minimum absolute atomic E-state index is 0.0289. The minimum Gasteiger partial charge on any atom is -0.494 e. The summed E-state index contributed by atoms with van der Waals surface area (Å²) >= 11 is 0. The van der Waals surface area contributed by atoms with Crippen LogP contribution in [0.1, 0.15) is 43.4 Å². The number of carbonyl (C=O) groups excluding carboxylic acids is 1. The molecule has 5 heteroatoms. The predicted octanol–water partition coefficient (Wildman–Crippen LogP) is 3.38. The lowest BCUT2D eigenvalue weighted by Crippen LogP contribution is -2.35. The topological polar surface area (TPSA) is 62.4 Å². The molecule has 1 heterocycles. The van der Waals surface area contributed by atoms with Gasteiger partial charge in [0.15, 0.2) is 0 Å². The molecule has 1 aliphatic heterocycles. The SMILES string of the molecule is CCCCOc1ccc(C2NNCC2C(=O)NCCCc2ccccc2)cc1. The van der Waals surface area contributed by atoms with E-state index in [-0.39, 0.29) is 17.9 Å². The predicted molar refractivity (Wildman–Crippen MR) is 112 cm³/mol. The Labute approximate surface area is 167 Å². The number of amides is 1. The van der Waals surface area contributed by atoms with Crippen molar-refractivity contribution in [3.8, 4) is 5.75 Å². The van der Waals surface area contributed by atoms with Crippen LogP contribution >= 0.6 is 0 Å². The quantitative estimate of drug-likeness (QED) is 0.552. The van der Waals surface area contributed by atoms with Crippen LogP contribution in [-0.2, 0) is 11.2 Å². The Hall–Kier alpha value is -2.37. The summed E-state index contributed by atoms with van der Waals surface area (Å²) in [5.41, 5.74) is 8.77. The van der Waals surface area contributed by atoms with Gasteiger partial charge in [-0.05, 0) is 42.5 Å². The van der Waals surface area contributed by atoms with E-state index in [4.69, 9.17) is 4.74 Å². The van der Waals surface area contributed by atoms with Gasteiger partial charge in [0.05, 0.1) is 18.6 Å². The monoisotopic (exact) mass is 381 g/mol. The molecule has 1 aliphatic rings. The molecule has 28 heavy (non-hydrogen) atoms. The van der Waals surface area contributed by atoms with Crippen LogP contribution in [0.15, 0.2) is 54.6 Å². The first kappa shape index (κ1) is 20.4. The first-order valence-corrected chi connectivity index (χ1v) is 10.3. The first-order chi connectivity index (χ1) is 13.8. The second kappa shape index (κ2) is 10.8. The number of benzene rings is 2. The molecule has 3 rings (SSSR count). The molecule has 0 aromatic heterocycles. The minimum atomic E-state index is -0.122. The Kier molecular flexibility index (Phi) is 7.88. The molecule has 3 N–H and O–H groups in total. The van der Waals surface area contributed by atoms with Gasteiger partial charge in [0.25, 0.3) is 0 Å². The molecule has 2 unspecified atom stereocenters. The van der Waals surface area contributed by atoms with Crippen LogP contribution in [0.4, 0.5) is 0 Å². The van der Waals surface area contributed by atoms with E-state index in [1.165, 1.54) is 5.56 Å². The summed E-state index contributed by atoms with van der Waals surface area (Å²) < 4.78 is 5.72. The maximum absolute atomic E-state index is 12.7. The van der Waals surface area contributed by atoms with E-state index < -0.39 is 0 Å². The van der Waals surface area contributed by atoms with E-state index in [2.05, 4.69) is 47.4 Å². The van der Waals surface area contributed by atoms with E-state index in [9.17, 15) is 4.79 Å². The number of hydrogen-bond donors (Lipinski definition) is 3. The lowest BCUT2D eigenvalue weighted by molar-refractivity contribution is -0.124. The lowest BCUT2D eigenvalue weighted by atomic mass is 9.94. The average molecular weight is 382 g/mol. The number of rotatable bonds is 10. The van der Waals surface area contributed by atoms with Gasteiger partial charge in [-0.15, -0.1) is 0 Å². The molecule has 0 radical (unpaired) electrons. The molecule has 0 aliphatic carbocycles. The lowest BCUT2D eigenvalue weighted by Gasteiger charge is -2.19. The van der Waals surface area contributed by atoms with Crippen LogP contribution in [0.5, 0.6) is 5.75 Å². The van der Waals surface area contributed by atoms with E-state index in [0.717, 1.165) is 43.6 Å². The van der Waals surface area contributed by atoms with Crippen molar-refractivity contribution in [2.45, 2.75) is 38.6 Å². The van der Waals surface area contributed by atoms with E-state index >= 15 is 0 Å². The number of nitrogens with one attached hydrogen (secondary N) is 3. The largest absolute Gasteiger partial charge is 0.494 e. The molecule has 5 nitrogen and oxygen atoms in total. The highest BCUT2D eigenvalue weighted by atomic mass is 16.5. The van der Waals surface area contributed by atoms with Crippen molar-refractivity contribution in [2.24, 2.45) is 5.92 Å². The molecule has 0 saturated carbocycles. The van der Waals surface area contributed by atoms with Crippen molar-refractivity contribution in [1.29, 1.82) is 0 Å². The number of hydrazine groups is 1. The fourth-order valence-corrected chi connectivity index (χ4v) is 3.44. The van der Waals surface area contributed by atoms with Crippen LogP contribution in [0, 0.1) is 5.92 Å². The highest BCUT2D eigenvalue weighted by molar-refractivity contribution is 5.80. The molecule has 150 valence electrons. The summed E-state index contributed by atoms with van der Waals surface area (Å²) in [4.78, 5) is 12.7. The van der Waals surface area contributed by atoms with Crippen molar-refractivity contribution < 1.29 is 9.53 Å². The Bertz CT molecular complexity index is 718. The van der Waals surface area contributed by atoms with Gasteiger partial charge in [-0.25, -0.2) is 5.43 Å². The molecule has 2 aromatic rings. The molecule has 2 aromatic carbocycles. The summed E-state index contributed by atoms with van der Waals surface area (Å²) in [6.45, 7) is 4.22. The third kappa shape index (κ3) is 5.81. The normalized spacial score (nSPS) is 18.8. The van der Waals surface area contributed by atoms with Gasteiger partial charge >= 0.3 is 0 Å². The zero-order chi connectivity index (χ0) is 19.6. The van der Waals surface area contributed by atoms with E-state index in [0.29, 0.717) is 13.1 Å². The number of hydrogen-bond acceptors (Lipinski definition) is 4. The van der Waals surface area contributed by atoms with E-state index in [1.54, 1.807) is 0 Å². The Balaban J connectivity index is 1.47. The molecular weight excluding hydrogens is 350 g/mol. The van der Waals surface area contributed by atoms with Crippen LogP contribution in [0.3, 0.4) is 0 Å². The number of aryl methyl sites for hydroxylation is 1. The van der Waals surface area contributed by atoms with Gasteiger partial charge in [-0.1, -0.05) is 55.8 Å². The van der Waals surface area contributed by atoms with Crippen LogP contribution in [0.25, 0.3) is 0 Å². The van der Waals surface area contributed by atoms with Gasteiger partial charge in [0, 0.05) is 13.1 Å². The molecule has 1 saturated heterocycles. The Morgan fingerprint density at radius 1 is 1.11 bits per heavy atom. The van der Waals surface area contributed by atoms with Gasteiger partial charge in [-0.2, -0.15) is 0 Å². The van der Waals surface area contributed by atoms with Crippen molar-refractivity contribution in [3.05, 3.63) is 65.7 Å². The highest BCUT2D eigenvalue weighted by Gasteiger charge is 2.33. The highest BCUT2D eigenvalue weighted by Crippen LogP contribution is 2.26. The number of carbonyl (C=O) groups is 1. The summed E-state index contributed by atoms with van der Waals surface area (Å²) in [5, 5.41) is 3.10. The van der Waals surface area contributed by atoms with Crippen LogP contribution in [0.2, 0.25) is 0 Å². The molecular formula is C23H31N3O2. The van der Waals surface area contributed by atoms with Crippen molar-refractivity contribution in [3.63, 3.8) is 0 Å². The fourth-order valence-electron chi connectivity index (χ4n) is 3.44. The van der Waals surface area contributed by atoms with Crippen LogP contribution < -0.4 is 20.9 Å². The zero-order valence-electron chi connectivity index (χ0n) is 16.6. The average Bonchev–Trinajstić information content (AvgIpc) is 3.23. The second-order valence-electron chi connectivity index (χ2n) is 7.26. The molecule has 0 bridgehead atoms. The maximum atomic E-state index is 12.7. The standard InChI is InChI=1S/C23H31N3O2/c1-2-3-16-28-20-13-11-19(12-14-20)22-21(17-25-26-22)23(27)24-15-7-10-18-8-5-4-6-9-18/h4-6,8-9,11-14,21-22,25-26H,2-3,7,10,15-17H2,1H3,(H,24,27). The molecule has 2 atom stereocenters. The summed E-state index contributed by atoms with van der Waals surface area (Å²) in [6, 6.07) is 18.4. The maximum Gasteiger partial charge on any atom is 0.226 e. The summed E-state index contributed by atoms with van der Waals surface area (Å²) in [7, 11) is 0. The van der Waals surface area contributed by atoms with Crippen molar-refractivity contribution in [2.75, 3.05) is 19.7 Å². The smallest absolute Gasteiger partial charge is 0.226 e. The fraction of sp³-hybridized carbons (Fsp3) is 0.435. The molecule has 1 amide bonds. The first-order valence-electron chi connectivity index (χ1n) is 10.3. The number of unbranched alkanes of at least 4 members (excludes halogenated alkanes) is 1. The van der Waals surface area contributed by atoms with E-state index in [1.807, 2.05) is 30.3 Å². The van der Waals surface area contributed by atoms with Gasteiger partial charge < -0.3 is 10.1 Å². The third-order valence-electron chi connectivity index (χ3n) is 5.11. The van der Waals surface area contributed by atoms with Gasteiger partial charge in [0.2, 0.25) is 5.91 Å². The summed E-state index contributed by atoms with van der Waals surface area (Å²) in [6.07, 6.45) is 4.10.